The van der Waals surface area contributed by atoms with Crippen molar-refractivity contribution in [3.05, 3.63) is 34.9 Å². The highest BCUT2D eigenvalue weighted by Gasteiger charge is 2.32. The van der Waals surface area contributed by atoms with Gasteiger partial charge in [0.15, 0.2) is 0 Å². The molecular formula is C17H27ClN2. The third-order valence-electron chi connectivity index (χ3n) is 4.57. The van der Waals surface area contributed by atoms with E-state index in [0.717, 1.165) is 18.0 Å². The van der Waals surface area contributed by atoms with Gasteiger partial charge in [-0.1, -0.05) is 44.0 Å². The monoisotopic (exact) mass is 294 g/mol. The van der Waals surface area contributed by atoms with Gasteiger partial charge in [0.25, 0.3) is 0 Å². The molecule has 0 radical (unpaired) electrons. The van der Waals surface area contributed by atoms with Gasteiger partial charge >= 0.3 is 0 Å². The summed E-state index contributed by atoms with van der Waals surface area (Å²) in [6, 6.07) is 9.36. The summed E-state index contributed by atoms with van der Waals surface area (Å²) in [5.74, 6) is 0. The van der Waals surface area contributed by atoms with E-state index in [9.17, 15) is 0 Å². The average molecular weight is 295 g/mol. The van der Waals surface area contributed by atoms with Gasteiger partial charge in [0.1, 0.15) is 0 Å². The molecule has 0 saturated carbocycles. The Hall–Kier alpha value is -0.570. The molecule has 1 heterocycles. The Kier molecular flexibility index (Phi) is 5.88. The highest BCUT2D eigenvalue weighted by atomic mass is 35.5. The molecule has 1 saturated heterocycles. The van der Waals surface area contributed by atoms with E-state index < -0.39 is 0 Å². The summed E-state index contributed by atoms with van der Waals surface area (Å²) in [6.07, 6.45) is 6.12. The summed E-state index contributed by atoms with van der Waals surface area (Å²) in [4.78, 5) is 2.63. The Morgan fingerprint density at radius 1 is 1.35 bits per heavy atom. The highest BCUT2D eigenvalue weighted by Crippen LogP contribution is 2.33. The zero-order valence-electron chi connectivity index (χ0n) is 12.7. The molecule has 1 fully saturated rings. The third kappa shape index (κ3) is 3.55. The fourth-order valence-electron chi connectivity index (χ4n) is 3.43. The number of halogens is 1. The molecule has 2 rings (SSSR count). The van der Waals surface area contributed by atoms with E-state index in [-0.39, 0.29) is 6.04 Å². The number of benzene rings is 1. The molecule has 3 atom stereocenters. The first kappa shape index (κ1) is 15.8. The fourth-order valence-corrected chi connectivity index (χ4v) is 3.62. The fraction of sp³-hybridized carbons (Fsp3) is 0.647. The van der Waals surface area contributed by atoms with Crippen LogP contribution < -0.4 is 5.73 Å². The van der Waals surface area contributed by atoms with E-state index >= 15 is 0 Å². The molecule has 2 N–H and O–H groups in total. The average Bonchev–Trinajstić information content (AvgIpc) is 2.48. The van der Waals surface area contributed by atoms with E-state index in [2.05, 4.69) is 30.9 Å². The number of piperidine rings is 1. The van der Waals surface area contributed by atoms with Crippen molar-refractivity contribution in [2.75, 3.05) is 6.54 Å². The summed E-state index contributed by atoms with van der Waals surface area (Å²) in [6.45, 7) is 5.62. The van der Waals surface area contributed by atoms with Crippen molar-refractivity contribution >= 4 is 11.6 Å². The predicted octanol–water partition coefficient (Wildman–Crippen LogP) is 4.38. The van der Waals surface area contributed by atoms with Gasteiger partial charge in [-0.25, -0.2) is 0 Å². The summed E-state index contributed by atoms with van der Waals surface area (Å²) in [5.41, 5.74) is 7.73. The maximum atomic E-state index is 6.46. The first-order valence-corrected chi connectivity index (χ1v) is 8.32. The maximum absolute atomic E-state index is 6.46. The highest BCUT2D eigenvalue weighted by molar-refractivity contribution is 6.30. The molecule has 0 spiro atoms. The molecule has 0 amide bonds. The minimum Gasteiger partial charge on any atom is -0.326 e. The molecule has 112 valence electrons. The lowest BCUT2D eigenvalue weighted by atomic mass is 9.90. The van der Waals surface area contributed by atoms with Crippen molar-refractivity contribution in [3.63, 3.8) is 0 Å². The lowest BCUT2D eigenvalue weighted by molar-refractivity contribution is 0.0758. The zero-order valence-corrected chi connectivity index (χ0v) is 13.4. The van der Waals surface area contributed by atoms with Crippen molar-refractivity contribution in [2.45, 2.75) is 64.1 Å². The number of hydrogen-bond acceptors (Lipinski definition) is 2. The summed E-state index contributed by atoms with van der Waals surface area (Å²) in [7, 11) is 0. The van der Waals surface area contributed by atoms with Crippen molar-refractivity contribution in [1.29, 1.82) is 0 Å². The van der Waals surface area contributed by atoms with Crippen LogP contribution in [0.2, 0.25) is 5.02 Å². The van der Waals surface area contributed by atoms with Crippen LogP contribution in [0.1, 0.15) is 57.6 Å². The maximum Gasteiger partial charge on any atom is 0.0502 e. The van der Waals surface area contributed by atoms with Crippen molar-refractivity contribution < 1.29 is 0 Å². The van der Waals surface area contributed by atoms with Crippen LogP contribution in [0.3, 0.4) is 0 Å². The first-order valence-electron chi connectivity index (χ1n) is 7.94. The molecule has 1 aliphatic rings. The van der Waals surface area contributed by atoms with E-state index in [4.69, 9.17) is 17.3 Å². The lowest BCUT2D eigenvalue weighted by Gasteiger charge is -2.43. The van der Waals surface area contributed by atoms with Crippen LogP contribution in [0.25, 0.3) is 0 Å². The second-order valence-electron chi connectivity index (χ2n) is 5.87. The minimum atomic E-state index is 0.167. The molecule has 1 aliphatic heterocycles. The standard InChI is InChI=1S/C17H27ClN2/c1-3-15-10-5-6-11-20(15)17(16(19)4-2)13-8-7-9-14(18)12-13/h7-9,12,15-17H,3-6,10-11,19H2,1-2H3. The van der Waals surface area contributed by atoms with Gasteiger partial charge in [0.05, 0.1) is 6.04 Å². The largest absolute Gasteiger partial charge is 0.326 e. The van der Waals surface area contributed by atoms with Crippen LogP contribution in [0.4, 0.5) is 0 Å². The SMILES string of the molecule is CCC(N)C(c1cccc(Cl)c1)N1CCCCC1CC. The van der Waals surface area contributed by atoms with E-state index in [0.29, 0.717) is 12.1 Å². The van der Waals surface area contributed by atoms with E-state index in [1.54, 1.807) is 0 Å². The number of likely N-dealkylation sites (tertiary alicyclic amines) is 1. The number of rotatable bonds is 5. The topological polar surface area (TPSA) is 29.3 Å². The molecule has 2 nitrogen and oxygen atoms in total. The molecule has 0 bridgehead atoms. The molecule has 20 heavy (non-hydrogen) atoms. The van der Waals surface area contributed by atoms with Gasteiger partial charge in [0.2, 0.25) is 0 Å². The van der Waals surface area contributed by atoms with Crippen LogP contribution >= 0.6 is 11.6 Å². The molecule has 3 unspecified atom stereocenters. The summed E-state index contributed by atoms with van der Waals surface area (Å²) >= 11 is 6.19. The second kappa shape index (κ2) is 7.44. The Morgan fingerprint density at radius 2 is 2.15 bits per heavy atom. The van der Waals surface area contributed by atoms with Gasteiger partial charge in [-0.2, -0.15) is 0 Å². The van der Waals surface area contributed by atoms with Crippen LogP contribution in [0, 0.1) is 0 Å². The molecule has 3 heteroatoms. The van der Waals surface area contributed by atoms with Crippen LogP contribution in [0.5, 0.6) is 0 Å². The van der Waals surface area contributed by atoms with Gasteiger partial charge in [-0.15, -0.1) is 0 Å². The van der Waals surface area contributed by atoms with Gasteiger partial charge in [-0.05, 0) is 49.9 Å². The molecule has 1 aromatic rings. The van der Waals surface area contributed by atoms with Crippen LogP contribution in [-0.2, 0) is 0 Å². The minimum absolute atomic E-state index is 0.167. The molecule has 1 aromatic carbocycles. The molecular weight excluding hydrogens is 268 g/mol. The molecule has 0 aromatic heterocycles. The molecule has 0 aliphatic carbocycles. The van der Waals surface area contributed by atoms with Crippen molar-refractivity contribution in [2.24, 2.45) is 5.73 Å². The Labute approximate surface area is 128 Å². The van der Waals surface area contributed by atoms with E-state index in [1.807, 2.05) is 12.1 Å². The van der Waals surface area contributed by atoms with Gasteiger partial charge in [-0.3, -0.25) is 4.90 Å². The third-order valence-corrected chi connectivity index (χ3v) is 4.80. The van der Waals surface area contributed by atoms with E-state index in [1.165, 1.54) is 31.2 Å². The number of hydrogen-bond donors (Lipinski definition) is 1. The summed E-state index contributed by atoms with van der Waals surface area (Å²) < 4.78 is 0. The Morgan fingerprint density at radius 3 is 2.80 bits per heavy atom. The Balaban J connectivity index is 2.31. The van der Waals surface area contributed by atoms with Crippen LogP contribution in [-0.4, -0.2) is 23.5 Å². The smallest absolute Gasteiger partial charge is 0.0502 e. The quantitative estimate of drug-likeness (QED) is 0.873. The summed E-state index contributed by atoms with van der Waals surface area (Å²) in [5, 5.41) is 0.806. The van der Waals surface area contributed by atoms with Gasteiger partial charge < -0.3 is 5.73 Å². The number of nitrogens with two attached hydrogens (primary N) is 1. The van der Waals surface area contributed by atoms with Crippen molar-refractivity contribution in [1.82, 2.24) is 4.90 Å². The van der Waals surface area contributed by atoms with Gasteiger partial charge in [0, 0.05) is 17.1 Å². The lowest BCUT2D eigenvalue weighted by Crippen LogP contribution is -2.48. The Bertz CT molecular complexity index is 421. The zero-order chi connectivity index (χ0) is 14.5. The van der Waals surface area contributed by atoms with Crippen molar-refractivity contribution in [3.8, 4) is 0 Å². The van der Waals surface area contributed by atoms with Crippen LogP contribution in [0.15, 0.2) is 24.3 Å². The second-order valence-corrected chi connectivity index (χ2v) is 6.30. The number of nitrogens with zero attached hydrogens (tertiary/aromatic N) is 1. The first-order chi connectivity index (χ1) is 9.67. The predicted molar refractivity (Wildman–Crippen MR) is 87.1 cm³/mol. The normalized spacial score (nSPS) is 23.5.